The van der Waals surface area contributed by atoms with Gasteiger partial charge in [-0.05, 0) is 64.1 Å². The summed E-state index contributed by atoms with van der Waals surface area (Å²) in [4.78, 5) is 0. The summed E-state index contributed by atoms with van der Waals surface area (Å²) in [6.45, 7) is 8.25. The van der Waals surface area contributed by atoms with Crippen LogP contribution in [0, 0.1) is 27.7 Å². The SMILES string of the molecule is COc1cc(P(=O)(c2cc(C)cc(C)c2)c2cc(C)cc(C)c2)cc2c1OCO2. The van der Waals surface area contributed by atoms with Crippen LogP contribution in [0.3, 0.4) is 0 Å². The maximum Gasteiger partial charge on any atom is 0.231 e. The van der Waals surface area contributed by atoms with Gasteiger partial charge in [-0.3, -0.25) is 0 Å². The number of benzene rings is 3. The first-order valence-corrected chi connectivity index (χ1v) is 11.3. The van der Waals surface area contributed by atoms with Crippen molar-refractivity contribution in [1.29, 1.82) is 0 Å². The minimum Gasteiger partial charge on any atom is -0.493 e. The minimum atomic E-state index is -3.17. The van der Waals surface area contributed by atoms with E-state index < -0.39 is 7.14 Å². The molecule has 3 aromatic carbocycles. The fourth-order valence-corrected chi connectivity index (χ4v) is 7.04. The average molecular weight is 408 g/mol. The lowest BCUT2D eigenvalue weighted by Crippen LogP contribution is -2.26. The number of hydrogen-bond acceptors (Lipinski definition) is 4. The van der Waals surface area contributed by atoms with E-state index in [1.807, 2.05) is 64.1 Å². The maximum atomic E-state index is 14.9. The zero-order valence-electron chi connectivity index (χ0n) is 17.4. The van der Waals surface area contributed by atoms with E-state index in [0.717, 1.165) is 32.9 Å². The number of rotatable bonds is 4. The van der Waals surface area contributed by atoms with Crippen LogP contribution >= 0.6 is 7.14 Å². The van der Waals surface area contributed by atoms with Gasteiger partial charge in [-0.2, -0.15) is 0 Å². The molecular formula is C24H25O4P. The van der Waals surface area contributed by atoms with E-state index >= 15 is 0 Å². The van der Waals surface area contributed by atoms with Crippen LogP contribution in [0.15, 0.2) is 48.5 Å². The molecule has 0 N–H and O–H groups in total. The Kier molecular flexibility index (Phi) is 4.92. The second-order valence-electron chi connectivity index (χ2n) is 7.68. The molecule has 29 heavy (non-hydrogen) atoms. The Morgan fingerprint density at radius 2 is 1.21 bits per heavy atom. The fraction of sp³-hybridized carbons (Fsp3) is 0.250. The van der Waals surface area contributed by atoms with E-state index in [9.17, 15) is 4.57 Å². The van der Waals surface area contributed by atoms with Gasteiger partial charge in [-0.15, -0.1) is 0 Å². The average Bonchev–Trinajstić information content (AvgIpc) is 3.13. The highest BCUT2D eigenvalue weighted by atomic mass is 31.2. The maximum absolute atomic E-state index is 14.9. The van der Waals surface area contributed by atoms with Crippen molar-refractivity contribution in [3.05, 3.63) is 70.8 Å². The summed E-state index contributed by atoms with van der Waals surface area (Å²) in [5.74, 6) is 1.65. The van der Waals surface area contributed by atoms with Gasteiger partial charge >= 0.3 is 0 Å². The van der Waals surface area contributed by atoms with Crippen molar-refractivity contribution >= 4 is 23.1 Å². The van der Waals surface area contributed by atoms with E-state index in [1.165, 1.54) is 0 Å². The summed E-state index contributed by atoms with van der Waals surface area (Å²) in [5, 5.41) is 2.29. The minimum absolute atomic E-state index is 0.132. The molecule has 1 heterocycles. The zero-order chi connectivity index (χ0) is 20.8. The summed E-state index contributed by atoms with van der Waals surface area (Å²) in [7, 11) is -1.59. The van der Waals surface area contributed by atoms with Gasteiger partial charge in [-0.25, -0.2) is 0 Å². The van der Waals surface area contributed by atoms with E-state index in [2.05, 4.69) is 12.1 Å². The van der Waals surface area contributed by atoms with Crippen molar-refractivity contribution in [3.63, 3.8) is 0 Å². The summed E-state index contributed by atoms with van der Waals surface area (Å²) < 4.78 is 31.6. The van der Waals surface area contributed by atoms with Crippen LogP contribution in [0.5, 0.6) is 17.2 Å². The molecule has 0 radical (unpaired) electrons. The molecule has 3 aromatic rings. The van der Waals surface area contributed by atoms with Crippen LogP contribution in [0.4, 0.5) is 0 Å². The molecule has 0 fully saturated rings. The molecular weight excluding hydrogens is 383 g/mol. The highest BCUT2D eigenvalue weighted by Crippen LogP contribution is 2.48. The Hall–Kier alpha value is -2.71. The largest absolute Gasteiger partial charge is 0.493 e. The molecule has 0 unspecified atom stereocenters. The first-order valence-electron chi connectivity index (χ1n) is 9.57. The monoisotopic (exact) mass is 408 g/mol. The third-order valence-corrected chi connectivity index (χ3v) is 8.10. The Balaban J connectivity index is 2.05. The molecule has 0 amide bonds. The summed E-state index contributed by atoms with van der Waals surface area (Å²) >= 11 is 0. The van der Waals surface area contributed by atoms with Gasteiger partial charge in [0.1, 0.15) is 0 Å². The predicted octanol–water partition coefficient (Wildman–Crippen LogP) is 4.30. The summed E-state index contributed by atoms with van der Waals surface area (Å²) in [5.41, 5.74) is 4.32. The lowest BCUT2D eigenvalue weighted by atomic mass is 10.2. The molecule has 4 rings (SSSR count). The van der Waals surface area contributed by atoms with Gasteiger partial charge < -0.3 is 18.8 Å². The molecule has 1 aliphatic heterocycles. The van der Waals surface area contributed by atoms with E-state index in [0.29, 0.717) is 22.6 Å². The molecule has 5 heteroatoms. The second kappa shape index (κ2) is 7.27. The van der Waals surface area contributed by atoms with Crippen LogP contribution in [-0.2, 0) is 4.57 Å². The van der Waals surface area contributed by atoms with Crippen molar-refractivity contribution in [3.8, 4) is 17.2 Å². The quantitative estimate of drug-likeness (QED) is 0.604. The molecule has 0 aromatic heterocycles. The van der Waals surface area contributed by atoms with Gasteiger partial charge in [0.2, 0.25) is 12.5 Å². The van der Waals surface area contributed by atoms with Crippen molar-refractivity contribution in [2.24, 2.45) is 0 Å². The third kappa shape index (κ3) is 3.42. The van der Waals surface area contributed by atoms with Gasteiger partial charge in [0.15, 0.2) is 18.6 Å². The smallest absolute Gasteiger partial charge is 0.231 e. The highest BCUT2D eigenvalue weighted by molar-refractivity contribution is 7.85. The molecule has 1 aliphatic rings. The molecule has 0 saturated carbocycles. The van der Waals surface area contributed by atoms with E-state index in [1.54, 1.807) is 7.11 Å². The Morgan fingerprint density at radius 1 is 0.724 bits per heavy atom. The Morgan fingerprint density at radius 3 is 1.69 bits per heavy atom. The zero-order valence-corrected chi connectivity index (χ0v) is 18.3. The van der Waals surface area contributed by atoms with Crippen molar-refractivity contribution < 1.29 is 18.8 Å². The topological polar surface area (TPSA) is 44.8 Å². The number of methoxy groups -OCH3 is 1. The van der Waals surface area contributed by atoms with Gasteiger partial charge in [-0.1, -0.05) is 34.4 Å². The lowest BCUT2D eigenvalue weighted by molar-refractivity contribution is 0.171. The fourth-order valence-electron chi connectivity index (χ4n) is 4.01. The van der Waals surface area contributed by atoms with Crippen molar-refractivity contribution in [2.75, 3.05) is 13.9 Å². The van der Waals surface area contributed by atoms with Crippen molar-refractivity contribution in [2.45, 2.75) is 27.7 Å². The van der Waals surface area contributed by atoms with Gasteiger partial charge in [0.05, 0.1) is 7.11 Å². The predicted molar refractivity (Wildman–Crippen MR) is 117 cm³/mol. The van der Waals surface area contributed by atoms with Crippen molar-refractivity contribution in [1.82, 2.24) is 0 Å². The molecule has 0 saturated heterocycles. The molecule has 0 spiro atoms. The Bertz CT molecular complexity index is 1050. The number of aryl methyl sites for hydroxylation is 4. The van der Waals surface area contributed by atoms with Gasteiger partial charge in [0, 0.05) is 15.9 Å². The number of fused-ring (bicyclic) bond motifs is 1. The van der Waals surface area contributed by atoms with Crippen LogP contribution in [-0.4, -0.2) is 13.9 Å². The van der Waals surface area contributed by atoms with E-state index in [4.69, 9.17) is 14.2 Å². The first kappa shape index (κ1) is 19.6. The number of hydrogen-bond donors (Lipinski definition) is 0. The summed E-state index contributed by atoms with van der Waals surface area (Å²) in [6, 6.07) is 15.9. The molecule has 150 valence electrons. The second-order valence-corrected chi connectivity index (χ2v) is 10.5. The normalized spacial score (nSPS) is 12.9. The molecule has 0 aliphatic carbocycles. The first-order chi connectivity index (χ1) is 13.8. The molecule has 4 nitrogen and oxygen atoms in total. The van der Waals surface area contributed by atoms with Crippen LogP contribution in [0.2, 0.25) is 0 Å². The lowest BCUT2D eigenvalue weighted by Gasteiger charge is -2.23. The van der Waals surface area contributed by atoms with Crippen LogP contribution in [0.1, 0.15) is 22.3 Å². The standard InChI is InChI=1S/C24H25O4P/c1-15-6-16(2)9-19(8-15)29(25,20-10-17(3)7-18(4)11-20)21-12-22(26-5)24-23(13-21)27-14-28-24/h6-13H,14H2,1-5H3. The Labute approximate surface area is 171 Å². The van der Waals surface area contributed by atoms with Crippen LogP contribution in [0.25, 0.3) is 0 Å². The van der Waals surface area contributed by atoms with Gasteiger partial charge in [0.25, 0.3) is 0 Å². The number of ether oxygens (including phenoxy) is 3. The van der Waals surface area contributed by atoms with E-state index in [-0.39, 0.29) is 6.79 Å². The third-order valence-electron chi connectivity index (χ3n) is 5.15. The molecule has 0 bridgehead atoms. The summed E-state index contributed by atoms with van der Waals surface area (Å²) in [6.07, 6.45) is 0. The molecule has 0 atom stereocenters. The van der Waals surface area contributed by atoms with Crippen LogP contribution < -0.4 is 30.1 Å². The highest BCUT2D eigenvalue weighted by Gasteiger charge is 2.34.